The summed E-state index contributed by atoms with van der Waals surface area (Å²) in [7, 11) is -0.665. The van der Waals surface area contributed by atoms with Crippen molar-refractivity contribution in [2.24, 2.45) is 23.0 Å². The van der Waals surface area contributed by atoms with Crippen molar-refractivity contribution in [2.45, 2.75) is 63.9 Å². The molecule has 3 nitrogen and oxygen atoms in total. The molecule has 1 saturated heterocycles. The highest BCUT2D eigenvalue weighted by molar-refractivity contribution is 6.47. The Balaban J connectivity index is 0.00000210. The van der Waals surface area contributed by atoms with Gasteiger partial charge < -0.3 is 15.0 Å². The monoisotopic (exact) mass is 403 g/mol. The Labute approximate surface area is 164 Å². The second-order valence-electron chi connectivity index (χ2n) is 8.86. The van der Waals surface area contributed by atoms with Gasteiger partial charge in [-0.2, -0.15) is 13.2 Å². The molecule has 3 saturated carbocycles. The van der Waals surface area contributed by atoms with Gasteiger partial charge >= 0.3 is 13.3 Å². The van der Waals surface area contributed by atoms with E-state index in [2.05, 4.69) is 20.8 Å². The van der Waals surface area contributed by atoms with E-state index in [-0.39, 0.29) is 35.9 Å². The highest BCUT2D eigenvalue weighted by atomic mass is 35.5. The van der Waals surface area contributed by atoms with Gasteiger partial charge in [-0.1, -0.05) is 32.0 Å². The molecule has 0 aromatic heterocycles. The Morgan fingerprint density at radius 3 is 2.52 bits per heavy atom. The smallest absolute Gasteiger partial charge is 0.404 e. The highest BCUT2D eigenvalue weighted by Gasteiger charge is 2.68. The van der Waals surface area contributed by atoms with Crippen LogP contribution in [-0.2, 0) is 21.9 Å². The second-order valence-corrected chi connectivity index (χ2v) is 8.86. The zero-order valence-corrected chi connectivity index (χ0v) is 16.6. The van der Waals surface area contributed by atoms with Crippen LogP contribution in [0.25, 0.3) is 0 Å². The van der Waals surface area contributed by atoms with Crippen molar-refractivity contribution in [1.29, 1.82) is 0 Å². The van der Waals surface area contributed by atoms with E-state index in [9.17, 15) is 13.2 Å². The van der Waals surface area contributed by atoms with Crippen molar-refractivity contribution in [1.82, 2.24) is 0 Å². The first-order valence-corrected chi connectivity index (χ1v) is 9.27. The summed E-state index contributed by atoms with van der Waals surface area (Å²) in [6.07, 6.45) is -2.28. The van der Waals surface area contributed by atoms with Crippen molar-refractivity contribution in [3.63, 3.8) is 0 Å². The van der Waals surface area contributed by atoms with Crippen LogP contribution in [0.15, 0.2) is 24.3 Å². The first-order chi connectivity index (χ1) is 12.0. The molecule has 1 aliphatic heterocycles. The maximum absolute atomic E-state index is 13.2. The van der Waals surface area contributed by atoms with E-state index >= 15 is 0 Å². The maximum Gasteiger partial charge on any atom is 0.475 e. The van der Waals surface area contributed by atoms with Gasteiger partial charge in [-0.3, -0.25) is 0 Å². The normalized spacial score (nSPS) is 35.1. The van der Waals surface area contributed by atoms with E-state index < -0.39 is 30.4 Å². The molecule has 27 heavy (non-hydrogen) atoms. The second kappa shape index (κ2) is 6.65. The third-order valence-corrected chi connectivity index (χ3v) is 7.10. The van der Waals surface area contributed by atoms with Crippen LogP contribution in [0.2, 0.25) is 0 Å². The van der Waals surface area contributed by atoms with Gasteiger partial charge in [-0.15, -0.1) is 12.4 Å². The minimum absolute atomic E-state index is 0. The predicted octanol–water partition coefficient (Wildman–Crippen LogP) is 4.26. The first kappa shape index (κ1) is 21.0. The molecule has 150 valence electrons. The van der Waals surface area contributed by atoms with Crippen LogP contribution in [0, 0.1) is 17.3 Å². The van der Waals surface area contributed by atoms with E-state index in [0.29, 0.717) is 11.8 Å². The summed E-state index contributed by atoms with van der Waals surface area (Å²) in [5.41, 5.74) is 5.61. The molecule has 0 spiro atoms. The van der Waals surface area contributed by atoms with Crippen LogP contribution in [0.3, 0.4) is 0 Å². The minimum atomic E-state index is -4.39. The number of rotatable bonds is 3. The molecular formula is C19H26BClF3NO2. The zero-order valence-electron chi connectivity index (χ0n) is 15.8. The molecule has 1 heterocycles. The number of hydrogen-bond donors (Lipinski definition) is 1. The minimum Gasteiger partial charge on any atom is -0.404 e. The Morgan fingerprint density at radius 2 is 1.89 bits per heavy atom. The largest absolute Gasteiger partial charge is 0.475 e. The number of nitrogens with two attached hydrogens (primary N) is 1. The van der Waals surface area contributed by atoms with E-state index in [0.717, 1.165) is 18.9 Å². The summed E-state index contributed by atoms with van der Waals surface area (Å²) in [4.78, 5) is 0. The number of hydrogen-bond acceptors (Lipinski definition) is 3. The third kappa shape index (κ3) is 3.20. The van der Waals surface area contributed by atoms with E-state index in [1.165, 1.54) is 12.1 Å². The standard InChI is InChI=1S/C19H25BF3NO2.ClH/c1-17(2)12-9-14(17)18(3)15(10-12)25-20(26-18)16(24)8-11-6-4-5-7-13(11)19(21,22)23;/h4-7,12,14-16H,8-10,24H2,1-3H3;1H/t12-,14-,15+,16-,18-;/m0./s1. The third-order valence-electron chi connectivity index (χ3n) is 7.10. The summed E-state index contributed by atoms with van der Waals surface area (Å²) in [5.74, 6) is 0.384. The zero-order chi connectivity index (χ0) is 18.9. The lowest BCUT2D eigenvalue weighted by atomic mass is 9.43. The van der Waals surface area contributed by atoms with Crippen molar-refractivity contribution in [3.05, 3.63) is 35.4 Å². The molecule has 4 aliphatic rings. The van der Waals surface area contributed by atoms with Crippen LogP contribution in [0.1, 0.15) is 44.7 Å². The number of alkyl halides is 3. The molecule has 0 amide bonds. The van der Waals surface area contributed by atoms with Gasteiger partial charge in [0.2, 0.25) is 0 Å². The van der Waals surface area contributed by atoms with Crippen LogP contribution >= 0.6 is 12.4 Å². The van der Waals surface area contributed by atoms with Gasteiger partial charge in [0.25, 0.3) is 0 Å². The lowest BCUT2D eigenvalue weighted by Crippen LogP contribution is -2.65. The molecule has 2 N–H and O–H groups in total. The van der Waals surface area contributed by atoms with E-state index in [4.69, 9.17) is 15.0 Å². The molecule has 1 aromatic carbocycles. The van der Waals surface area contributed by atoms with Gasteiger partial charge in [0.1, 0.15) is 0 Å². The topological polar surface area (TPSA) is 44.5 Å². The van der Waals surface area contributed by atoms with Crippen molar-refractivity contribution >= 4 is 19.5 Å². The number of halogens is 4. The van der Waals surface area contributed by atoms with Crippen LogP contribution < -0.4 is 5.73 Å². The van der Waals surface area contributed by atoms with Crippen LogP contribution in [0.4, 0.5) is 13.2 Å². The van der Waals surface area contributed by atoms with Gasteiger partial charge in [0, 0.05) is 5.94 Å². The summed E-state index contributed by atoms with van der Waals surface area (Å²) in [6.45, 7) is 6.61. The average molecular weight is 404 g/mol. The van der Waals surface area contributed by atoms with Gasteiger partial charge in [0.15, 0.2) is 0 Å². The molecule has 3 aliphatic carbocycles. The molecular weight excluding hydrogens is 377 g/mol. The molecule has 8 heteroatoms. The fraction of sp³-hybridized carbons (Fsp3) is 0.684. The Morgan fingerprint density at radius 1 is 1.22 bits per heavy atom. The lowest BCUT2D eigenvalue weighted by Gasteiger charge is -2.64. The molecule has 0 unspecified atom stereocenters. The van der Waals surface area contributed by atoms with Gasteiger partial charge in [0.05, 0.1) is 17.3 Å². The summed E-state index contributed by atoms with van der Waals surface area (Å²) in [6, 6.07) is 5.57. The fourth-order valence-electron chi connectivity index (χ4n) is 5.41. The fourth-order valence-corrected chi connectivity index (χ4v) is 5.41. The molecule has 2 bridgehead atoms. The van der Waals surface area contributed by atoms with E-state index in [1.807, 2.05) is 0 Å². The Hall–Kier alpha value is -0.755. The quantitative estimate of drug-likeness (QED) is 0.767. The molecule has 4 fully saturated rings. The molecule has 5 rings (SSSR count). The lowest BCUT2D eigenvalue weighted by molar-refractivity contribution is -0.199. The van der Waals surface area contributed by atoms with Gasteiger partial charge in [-0.05, 0) is 55.1 Å². The van der Waals surface area contributed by atoms with Crippen LogP contribution in [0.5, 0.6) is 0 Å². The Kier molecular flexibility index (Phi) is 5.16. The average Bonchev–Trinajstić information content (AvgIpc) is 2.91. The van der Waals surface area contributed by atoms with Crippen molar-refractivity contribution in [3.8, 4) is 0 Å². The summed E-state index contributed by atoms with van der Waals surface area (Å²) < 4.78 is 52.0. The van der Waals surface area contributed by atoms with E-state index in [1.54, 1.807) is 6.07 Å². The first-order valence-electron chi connectivity index (χ1n) is 9.27. The Bertz CT molecular complexity index is 716. The predicted molar refractivity (Wildman–Crippen MR) is 100 cm³/mol. The van der Waals surface area contributed by atoms with Crippen molar-refractivity contribution in [2.75, 3.05) is 0 Å². The molecule has 0 radical (unpaired) electrons. The molecule has 5 atom stereocenters. The summed E-state index contributed by atoms with van der Waals surface area (Å²) >= 11 is 0. The maximum atomic E-state index is 13.2. The summed E-state index contributed by atoms with van der Waals surface area (Å²) in [5, 5.41) is 0. The highest BCUT2D eigenvalue weighted by Crippen LogP contribution is 2.65. The van der Waals surface area contributed by atoms with Gasteiger partial charge in [-0.25, -0.2) is 0 Å². The van der Waals surface area contributed by atoms with Crippen LogP contribution in [-0.4, -0.2) is 24.8 Å². The molecule has 1 aromatic rings. The SMILES string of the molecule is CC1(C)[C@@H]2C[C@H]3OB([C@@H](N)Cc4ccccc4C(F)(F)F)O[C@@]3(C)[C@H]1C2.Cl. The van der Waals surface area contributed by atoms with Crippen molar-refractivity contribution < 1.29 is 22.5 Å². The number of benzene rings is 1.